The maximum Gasteiger partial charge on any atom is 0.251 e. The first kappa shape index (κ1) is 18.6. The quantitative estimate of drug-likeness (QED) is 0.478. The molecule has 6 heteroatoms. The van der Waals surface area contributed by atoms with Gasteiger partial charge in [0.15, 0.2) is 0 Å². The number of rotatable bonds is 4. The van der Waals surface area contributed by atoms with E-state index in [9.17, 15) is 4.79 Å². The van der Waals surface area contributed by atoms with Crippen LogP contribution in [-0.2, 0) is 0 Å². The average Bonchev–Trinajstić information content (AvgIpc) is 3.18. The highest BCUT2D eigenvalue weighted by Gasteiger charge is 2.17. The monoisotopic (exact) mass is 399 g/mol. The minimum Gasteiger partial charge on any atom is -0.340 e. The van der Waals surface area contributed by atoms with E-state index < -0.39 is 0 Å². The normalized spacial score (nSPS) is 15.2. The number of anilines is 2. The van der Waals surface area contributed by atoms with Crippen molar-refractivity contribution in [1.29, 1.82) is 0 Å². The van der Waals surface area contributed by atoms with Gasteiger partial charge >= 0.3 is 0 Å². The number of aromatic nitrogens is 4. The van der Waals surface area contributed by atoms with Crippen LogP contribution in [0.15, 0.2) is 71.9 Å². The zero-order valence-electron chi connectivity index (χ0n) is 16.9. The van der Waals surface area contributed by atoms with E-state index >= 15 is 0 Å². The van der Waals surface area contributed by atoms with Crippen molar-refractivity contribution in [1.82, 2.24) is 19.3 Å². The molecule has 152 valence electrons. The third kappa shape index (κ3) is 3.73. The second kappa shape index (κ2) is 8.14. The van der Waals surface area contributed by atoms with Gasteiger partial charge < -0.3 is 9.88 Å². The van der Waals surface area contributed by atoms with Crippen LogP contribution in [0.3, 0.4) is 0 Å². The van der Waals surface area contributed by atoms with Gasteiger partial charge in [-0.1, -0.05) is 25.7 Å². The molecule has 1 saturated carbocycles. The summed E-state index contributed by atoms with van der Waals surface area (Å²) in [5.41, 5.74) is 2.98. The Kier molecular flexibility index (Phi) is 5.05. The molecular formula is C24H25N5O. The lowest BCUT2D eigenvalue weighted by Gasteiger charge is -2.20. The lowest BCUT2D eigenvalue weighted by atomic mass is 10.1. The van der Waals surface area contributed by atoms with Gasteiger partial charge in [-0.2, -0.15) is 5.10 Å². The summed E-state index contributed by atoms with van der Waals surface area (Å²) in [5, 5.41) is 8.63. The van der Waals surface area contributed by atoms with Gasteiger partial charge in [0, 0.05) is 47.8 Å². The van der Waals surface area contributed by atoms with Crippen LogP contribution in [0.2, 0.25) is 0 Å². The maximum absolute atomic E-state index is 12.8. The number of hydrogen-bond acceptors (Lipinski definition) is 4. The predicted molar refractivity (Wildman–Crippen MR) is 120 cm³/mol. The molecule has 0 saturated heterocycles. The molecule has 1 aliphatic carbocycles. The average molecular weight is 399 g/mol. The Bertz CT molecular complexity index is 1190. The Balaban J connectivity index is 1.46. The first-order chi connectivity index (χ1) is 14.8. The standard InChI is InChI=1S/C24H25N5O/c30-24-13-8-18-17-25-23(16-22(18)29(24)21-6-3-1-2-4-7-21)27-19-9-11-20(12-10-19)28-15-5-14-26-28/h5,8-17,21H,1-4,6-7H2,(H,25,27). The van der Waals surface area contributed by atoms with Crippen molar-refractivity contribution in [3.63, 3.8) is 0 Å². The second-order valence-electron chi connectivity index (χ2n) is 7.94. The topological polar surface area (TPSA) is 64.7 Å². The molecule has 0 spiro atoms. The first-order valence-corrected chi connectivity index (χ1v) is 10.7. The van der Waals surface area contributed by atoms with Crippen LogP contribution in [0.1, 0.15) is 44.6 Å². The van der Waals surface area contributed by atoms with Crippen molar-refractivity contribution in [2.75, 3.05) is 5.32 Å². The van der Waals surface area contributed by atoms with Crippen LogP contribution < -0.4 is 10.9 Å². The van der Waals surface area contributed by atoms with Crippen molar-refractivity contribution in [2.24, 2.45) is 0 Å². The summed E-state index contributed by atoms with van der Waals surface area (Å²) in [7, 11) is 0. The highest BCUT2D eigenvalue weighted by Crippen LogP contribution is 2.29. The number of fused-ring (bicyclic) bond motifs is 1. The summed E-state index contributed by atoms with van der Waals surface area (Å²) in [4.78, 5) is 17.3. The molecule has 3 aromatic heterocycles. The summed E-state index contributed by atoms with van der Waals surface area (Å²) >= 11 is 0. The number of nitrogens with zero attached hydrogens (tertiary/aromatic N) is 4. The van der Waals surface area contributed by atoms with Gasteiger partial charge in [-0.3, -0.25) is 4.79 Å². The highest BCUT2D eigenvalue weighted by atomic mass is 16.1. The minimum absolute atomic E-state index is 0.0788. The molecule has 0 atom stereocenters. The molecule has 1 aromatic carbocycles. The SMILES string of the molecule is O=c1ccc2cnc(Nc3ccc(-n4cccn4)cc3)cc2n1C1CCCCCC1. The Morgan fingerprint density at radius 2 is 1.77 bits per heavy atom. The first-order valence-electron chi connectivity index (χ1n) is 10.7. The van der Waals surface area contributed by atoms with E-state index in [0.29, 0.717) is 0 Å². The van der Waals surface area contributed by atoms with Crippen molar-refractivity contribution in [3.8, 4) is 5.69 Å². The molecule has 0 aliphatic heterocycles. The lowest BCUT2D eigenvalue weighted by molar-refractivity contribution is 0.445. The van der Waals surface area contributed by atoms with Gasteiger partial charge in [0.1, 0.15) is 5.82 Å². The zero-order chi connectivity index (χ0) is 20.3. The number of pyridine rings is 2. The molecule has 3 heterocycles. The van der Waals surface area contributed by atoms with Crippen LogP contribution >= 0.6 is 0 Å². The molecule has 0 unspecified atom stereocenters. The third-order valence-corrected chi connectivity index (χ3v) is 5.91. The molecule has 1 N–H and O–H groups in total. The Morgan fingerprint density at radius 1 is 0.967 bits per heavy atom. The number of nitrogens with one attached hydrogen (secondary N) is 1. The minimum atomic E-state index is 0.0788. The fourth-order valence-electron chi connectivity index (χ4n) is 4.38. The van der Waals surface area contributed by atoms with E-state index in [0.717, 1.165) is 40.9 Å². The molecule has 0 radical (unpaired) electrons. The van der Waals surface area contributed by atoms with Crippen molar-refractivity contribution < 1.29 is 0 Å². The maximum atomic E-state index is 12.8. The van der Waals surface area contributed by atoms with E-state index in [-0.39, 0.29) is 11.6 Å². The molecule has 1 aliphatic rings. The van der Waals surface area contributed by atoms with Gasteiger partial charge in [0.2, 0.25) is 0 Å². The summed E-state index contributed by atoms with van der Waals surface area (Å²) in [6.45, 7) is 0. The van der Waals surface area contributed by atoms with Crippen LogP contribution in [0.4, 0.5) is 11.5 Å². The Labute approximate surface area is 175 Å². The third-order valence-electron chi connectivity index (χ3n) is 5.91. The lowest BCUT2D eigenvalue weighted by Crippen LogP contribution is -2.24. The molecule has 6 nitrogen and oxygen atoms in total. The Hall–Kier alpha value is -3.41. The van der Waals surface area contributed by atoms with E-state index in [1.807, 2.05) is 64.1 Å². The van der Waals surface area contributed by atoms with Crippen LogP contribution in [0, 0.1) is 0 Å². The number of benzene rings is 1. The van der Waals surface area contributed by atoms with E-state index in [1.165, 1.54) is 25.7 Å². The van der Waals surface area contributed by atoms with E-state index in [4.69, 9.17) is 0 Å². The smallest absolute Gasteiger partial charge is 0.251 e. The Morgan fingerprint density at radius 3 is 2.50 bits per heavy atom. The predicted octanol–water partition coefficient (Wildman–Crippen LogP) is 5.22. The van der Waals surface area contributed by atoms with Crippen LogP contribution in [-0.4, -0.2) is 19.3 Å². The van der Waals surface area contributed by atoms with Crippen molar-refractivity contribution in [3.05, 3.63) is 77.5 Å². The van der Waals surface area contributed by atoms with Crippen LogP contribution in [0.25, 0.3) is 16.6 Å². The van der Waals surface area contributed by atoms with Gasteiger partial charge in [0.05, 0.1) is 11.2 Å². The van der Waals surface area contributed by atoms with Crippen molar-refractivity contribution in [2.45, 2.75) is 44.6 Å². The fraction of sp³-hybridized carbons (Fsp3) is 0.292. The summed E-state index contributed by atoms with van der Waals surface area (Å²) < 4.78 is 3.82. The molecule has 0 bridgehead atoms. The number of hydrogen-bond donors (Lipinski definition) is 1. The van der Waals surface area contributed by atoms with Crippen LogP contribution in [0.5, 0.6) is 0 Å². The molecular weight excluding hydrogens is 374 g/mol. The van der Waals surface area contributed by atoms with E-state index in [1.54, 1.807) is 12.3 Å². The zero-order valence-corrected chi connectivity index (χ0v) is 16.9. The largest absolute Gasteiger partial charge is 0.340 e. The van der Waals surface area contributed by atoms with Crippen molar-refractivity contribution >= 4 is 22.4 Å². The van der Waals surface area contributed by atoms with Gasteiger partial charge in [-0.25, -0.2) is 9.67 Å². The summed E-state index contributed by atoms with van der Waals surface area (Å²) in [6.07, 6.45) is 12.6. The molecule has 5 rings (SSSR count). The summed E-state index contributed by atoms with van der Waals surface area (Å²) in [5.74, 6) is 0.738. The second-order valence-corrected chi connectivity index (χ2v) is 7.94. The fourth-order valence-corrected chi connectivity index (χ4v) is 4.38. The highest BCUT2D eigenvalue weighted by molar-refractivity contribution is 5.81. The summed E-state index contributed by atoms with van der Waals surface area (Å²) in [6, 6.07) is 15.8. The molecule has 1 fully saturated rings. The molecule has 4 aromatic rings. The molecule has 0 amide bonds. The van der Waals surface area contributed by atoms with Gasteiger partial charge in [-0.15, -0.1) is 0 Å². The van der Waals surface area contributed by atoms with E-state index in [2.05, 4.69) is 15.4 Å². The van der Waals surface area contributed by atoms with Gasteiger partial charge in [0.25, 0.3) is 5.56 Å². The molecule has 30 heavy (non-hydrogen) atoms. The van der Waals surface area contributed by atoms with Gasteiger partial charge in [-0.05, 0) is 49.2 Å².